The number of rotatable bonds is 6. The van der Waals surface area contributed by atoms with Crippen molar-refractivity contribution in [2.45, 2.75) is 17.9 Å². The van der Waals surface area contributed by atoms with Crippen LogP contribution in [0, 0.1) is 12.3 Å². The van der Waals surface area contributed by atoms with Gasteiger partial charge in [0.2, 0.25) is 0 Å². The number of terminal acetylenes is 1. The van der Waals surface area contributed by atoms with Crippen LogP contribution < -0.4 is 10.1 Å². The molecule has 1 unspecified atom stereocenters. The van der Waals surface area contributed by atoms with E-state index >= 15 is 0 Å². The molecule has 0 heterocycles. The van der Waals surface area contributed by atoms with E-state index in [1.165, 1.54) is 4.90 Å². The lowest BCUT2D eigenvalue weighted by atomic mass is 10.3. The van der Waals surface area contributed by atoms with Crippen molar-refractivity contribution in [3.63, 3.8) is 0 Å². The Labute approximate surface area is 102 Å². The van der Waals surface area contributed by atoms with E-state index < -0.39 is 0 Å². The van der Waals surface area contributed by atoms with Gasteiger partial charge in [-0.15, -0.1) is 18.2 Å². The van der Waals surface area contributed by atoms with Gasteiger partial charge in [0.1, 0.15) is 11.9 Å². The second kappa shape index (κ2) is 7.21. The number of benzene rings is 1. The van der Waals surface area contributed by atoms with Gasteiger partial charge in [-0.1, -0.05) is 5.92 Å². The third kappa shape index (κ3) is 4.61. The molecule has 0 aromatic heterocycles. The molecule has 1 rings (SSSR count). The molecule has 0 spiro atoms. The maximum absolute atomic E-state index is 5.72. The normalized spacial score (nSPS) is 11.8. The molecule has 86 valence electrons. The highest BCUT2D eigenvalue weighted by molar-refractivity contribution is 7.98. The summed E-state index contributed by atoms with van der Waals surface area (Å²) >= 11 is 1.72. The van der Waals surface area contributed by atoms with Crippen molar-refractivity contribution in [2.75, 3.05) is 19.3 Å². The van der Waals surface area contributed by atoms with Gasteiger partial charge in [0.25, 0.3) is 0 Å². The van der Waals surface area contributed by atoms with Crippen LogP contribution in [0.3, 0.4) is 0 Å². The maximum Gasteiger partial charge on any atom is 0.119 e. The Bertz CT molecular complexity index is 342. The number of ether oxygens (including phenoxy) is 1. The summed E-state index contributed by atoms with van der Waals surface area (Å²) in [6.45, 7) is 3.36. The summed E-state index contributed by atoms with van der Waals surface area (Å²) in [5, 5.41) is 3.11. The van der Waals surface area contributed by atoms with Crippen LogP contribution >= 0.6 is 11.8 Å². The van der Waals surface area contributed by atoms with E-state index in [4.69, 9.17) is 11.2 Å². The molecular formula is C13H17NOS. The molecule has 0 bridgehead atoms. The number of hydrogen-bond donors (Lipinski definition) is 1. The summed E-state index contributed by atoms with van der Waals surface area (Å²) in [4.78, 5) is 1.24. The van der Waals surface area contributed by atoms with Gasteiger partial charge in [-0.25, -0.2) is 0 Å². The lowest BCUT2D eigenvalue weighted by Crippen LogP contribution is -2.29. The van der Waals surface area contributed by atoms with Crippen molar-refractivity contribution in [2.24, 2.45) is 0 Å². The Kier molecular flexibility index (Phi) is 5.84. The second-order valence-corrected chi connectivity index (χ2v) is 4.32. The molecule has 1 aromatic rings. The molecule has 1 atom stereocenters. The minimum Gasteiger partial charge on any atom is -0.489 e. The molecule has 16 heavy (non-hydrogen) atoms. The van der Waals surface area contributed by atoms with Gasteiger partial charge in [0.05, 0.1) is 6.54 Å². The van der Waals surface area contributed by atoms with E-state index in [-0.39, 0.29) is 6.10 Å². The first-order valence-corrected chi connectivity index (χ1v) is 6.43. The summed E-state index contributed by atoms with van der Waals surface area (Å²) in [6.07, 6.45) is 7.32. The Morgan fingerprint density at radius 2 is 2.12 bits per heavy atom. The zero-order valence-corrected chi connectivity index (χ0v) is 10.5. The predicted molar refractivity (Wildman–Crippen MR) is 70.0 cm³/mol. The second-order valence-electron chi connectivity index (χ2n) is 3.44. The molecule has 0 aliphatic rings. The molecule has 0 saturated heterocycles. The largest absolute Gasteiger partial charge is 0.489 e. The van der Waals surface area contributed by atoms with Gasteiger partial charge in [-0.05, 0) is 37.4 Å². The van der Waals surface area contributed by atoms with Gasteiger partial charge >= 0.3 is 0 Å². The molecule has 1 N–H and O–H groups in total. The Morgan fingerprint density at radius 1 is 1.44 bits per heavy atom. The predicted octanol–water partition coefficient (Wildman–Crippen LogP) is 2.40. The molecule has 0 aliphatic carbocycles. The van der Waals surface area contributed by atoms with Crippen LogP contribution in [0.2, 0.25) is 0 Å². The zero-order valence-electron chi connectivity index (χ0n) is 9.69. The van der Waals surface area contributed by atoms with Crippen LogP contribution in [0.5, 0.6) is 5.75 Å². The molecule has 1 aromatic carbocycles. The highest BCUT2D eigenvalue weighted by atomic mass is 32.2. The topological polar surface area (TPSA) is 21.3 Å². The van der Waals surface area contributed by atoms with E-state index in [2.05, 4.69) is 29.6 Å². The van der Waals surface area contributed by atoms with Crippen LogP contribution in [0.1, 0.15) is 6.92 Å². The summed E-state index contributed by atoms with van der Waals surface area (Å²) < 4.78 is 5.72. The Balaban J connectivity index is 2.37. The first kappa shape index (κ1) is 13.0. The van der Waals surface area contributed by atoms with E-state index in [0.717, 1.165) is 12.3 Å². The molecule has 0 fully saturated rings. The van der Waals surface area contributed by atoms with Crippen molar-refractivity contribution in [1.29, 1.82) is 0 Å². The smallest absolute Gasteiger partial charge is 0.119 e. The van der Waals surface area contributed by atoms with E-state index in [0.29, 0.717) is 6.54 Å². The molecule has 0 saturated carbocycles. The third-order valence-corrected chi connectivity index (χ3v) is 2.80. The van der Waals surface area contributed by atoms with Gasteiger partial charge in [-0.2, -0.15) is 0 Å². The summed E-state index contributed by atoms with van der Waals surface area (Å²) in [5.74, 6) is 3.43. The number of thioether (sulfide) groups is 1. The summed E-state index contributed by atoms with van der Waals surface area (Å²) in [6, 6.07) is 8.09. The van der Waals surface area contributed by atoms with Gasteiger partial charge in [-0.3, -0.25) is 0 Å². The SMILES string of the molecule is C#CCNCC(C)Oc1ccc(SC)cc1. The minimum atomic E-state index is 0.119. The van der Waals surface area contributed by atoms with E-state index in [1.54, 1.807) is 11.8 Å². The average Bonchev–Trinajstić information content (AvgIpc) is 2.30. The standard InChI is InChI=1S/C13H17NOS/c1-4-9-14-10-11(2)15-12-5-7-13(16-3)8-6-12/h1,5-8,11,14H,9-10H2,2-3H3. The monoisotopic (exact) mass is 235 g/mol. The fraction of sp³-hybridized carbons (Fsp3) is 0.385. The fourth-order valence-electron chi connectivity index (χ4n) is 1.28. The van der Waals surface area contributed by atoms with Crippen molar-refractivity contribution in [1.82, 2.24) is 5.32 Å². The lowest BCUT2D eigenvalue weighted by Gasteiger charge is -2.14. The fourth-order valence-corrected chi connectivity index (χ4v) is 1.68. The number of hydrogen-bond acceptors (Lipinski definition) is 3. The first-order valence-electron chi connectivity index (χ1n) is 5.21. The molecule has 0 amide bonds. The molecule has 2 nitrogen and oxygen atoms in total. The third-order valence-electron chi connectivity index (χ3n) is 2.06. The van der Waals surface area contributed by atoms with E-state index in [9.17, 15) is 0 Å². The maximum atomic E-state index is 5.72. The zero-order chi connectivity index (χ0) is 11.8. The first-order chi connectivity index (χ1) is 7.76. The van der Waals surface area contributed by atoms with Crippen LogP contribution in [0.25, 0.3) is 0 Å². The van der Waals surface area contributed by atoms with Crippen LogP contribution in [0.4, 0.5) is 0 Å². The van der Waals surface area contributed by atoms with E-state index in [1.807, 2.05) is 19.1 Å². The average molecular weight is 235 g/mol. The van der Waals surface area contributed by atoms with Gasteiger partial charge in [0.15, 0.2) is 0 Å². The van der Waals surface area contributed by atoms with Crippen molar-refractivity contribution in [3.05, 3.63) is 24.3 Å². The minimum absolute atomic E-state index is 0.119. The molecule has 0 radical (unpaired) electrons. The summed E-state index contributed by atoms with van der Waals surface area (Å²) in [7, 11) is 0. The van der Waals surface area contributed by atoms with Crippen molar-refractivity contribution < 1.29 is 4.74 Å². The van der Waals surface area contributed by atoms with Crippen LogP contribution in [-0.4, -0.2) is 25.4 Å². The molecule has 0 aliphatic heterocycles. The quantitative estimate of drug-likeness (QED) is 0.465. The van der Waals surface area contributed by atoms with Gasteiger partial charge < -0.3 is 10.1 Å². The van der Waals surface area contributed by atoms with Crippen molar-refractivity contribution in [3.8, 4) is 18.1 Å². The highest BCUT2D eigenvalue weighted by Crippen LogP contribution is 2.19. The van der Waals surface area contributed by atoms with Gasteiger partial charge in [0, 0.05) is 11.4 Å². The lowest BCUT2D eigenvalue weighted by molar-refractivity contribution is 0.219. The molecular weight excluding hydrogens is 218 g/mol. The number of nitrogens with one attached hydrogen (secondary N) is 1. The Morgan fingerprint density at radius 3 is 2.69 bits per heavy atom. The Hall–Kier alpha value is -1.11. The van der Waals surface area contributed by atoms with Crippen LogP contribution in [0.15, 0.2) is 29.2 Å². The summed E-state index contributed by atoms with van der Waals surface area (Å²) in [5.41, 5.74) is 0. The molecule has 3 heteroatoms. The van der Waals surface area contributed by atoms with Crippen molar-refractivity contribution >= 4 is 11.8 Å². The van der Waals surface area contributed by atoms with Crippen LogP contribution in [-0.2, 0) is 0 Å². The highest BCUT2D eigenvalue weighted by Gasteiger charge is 2.02.